The molecule has 0 saturated heterocycles. The van der Waals surface area contributed by atoms with Crippen LogP contribution in [0.5, 0.6) is 0 Å². The number of hydrogen-bond acceptors (Lipinski definition) is 2. The molecule has 0 unspecified atom stereocenters. The van der Waals surface area contributed by atoms with E-state index in [2.05, 4.69) is 24.2 Å². The average Bonchev–Trinajstić information content (AvgIpc) is 2.47. The fraction of sp³-hybridized carbons (Fsp3) is 0.474. The number of rotatable bonds is 3. The minimum Gasteiger partial charge on any atom is -0.267 e. The highest BCUT2D eigenvalue weighted by Crippen LogP contribution is 2.15. The standard InChI is InChI=1S/C19H26N2O2/c1-6-7-8-9-13-17(22)20-21(19(3,4)5)18(23)16-12-10-11-15(2)14-16/h10-12,14H,6-8H2,1-5H3,(H,20,22). The monoisotopic (exact) mass is 314 g/mol. The SMILES string of the molecule is CCCCC#CC(=O)NN(C(=O)c1cccc(C)c1)C(C)(C)C. The van der Waals surface area contributed by atoms with Crippen molar-refractivity contribution in [1.82, 2.24) is 10.4 Å². The van der Waals surface area contributed by atoms with E-state index in [1.165, 1.54) is 5.01 Å². The van der Waals surface area contributed by atoms with Gasteiger partial charge in [0.1, 0.15) is 0 Å². The van der Waals surface area contributed by atoms with Crippen molar-refractivity contribution < 1.29 is 9.59 Å². The van der Waals surface area contributed by atoms with Crippen molar-refractivity contribution in [2.45, 2.75) is 59.4 Å². The fourth-order valence-electron chi connectivity index (χ4n) is 1.97. The lowest BCUT2D eigenvalue weighted by molar-refractivity contribution is -0.121. The molecule has 0 saturated carbocycles. The normalized spacial score (nSPS) is 10.5. The van der Waals surface area contributed by atoms with Crippen LogP contribution in [0.1, 0.15) is 62.9 Å². The summed E-state index contributed by atoms with van der Waals surface area (Å²) in [5, 5.41) is 1.35. The Bertz CT molecular complexity index is 618. The van der Waals surface area contributed by atoms with Gasteiger partial charge in [0.2, 0.25) is 0 Å². The molecule has 4 heteroatoms. The van der Waals surface area contributed by atoms with Crippen molar-refractivity contribution in [3.8, 4) is 11.8 Å². The van der Waals surface area contributed by atoms with Gasteiger partial charge in [-0.05, 0) is 52.2 Å². The van der Waals surface area contributed by atoms with Crippen molar-refractivity contribution in [3.05, 3.63) is 35.4 Å². The molecule has 1 N–H and O–H groups in total. The van der Waals surface area contributed by atoms with E-state index in [0.29, 0.717) is 12.0 Å². The van der Waals surface area contributed by atoms with E-state index in [0.717, 1.165) is 18.4 Å². The summed E-state index contributed by atoms with van der Waals surface area (Å²) in [7, 11) is 0. The van der Waals surface area contributed by atoms with Crippen LogP contribution >= 0.6 is 0 Å². The van der Waals surface area contributed by atoms with Gasteiger partial charge in [0.25, 0.3) is 5.91 Å². The van der Waals surface area contributed by atoms with E-state index in [1.54, 1.807) is 12.1 Å². The van der Waals surface area contributed by atoms with E-state index in [4.69, 9.17) is 0 Å². The summed E-state index contributed by atoms with van der Waals surface area (Å²) < 4.78 is 0. The minimum atomic E-state index is -0.554. The van der Waals surface area contributed by atoms with Gasteiger partial charge in [-0.25, -0.2) is 5.01 Å². The largest absolute Gasteiger partial charge is 0.314 e. The van der Waals surface area contributed by atoms with E-state index in [1.807, 2.05) is 39.8 Å². The molecule has 23 heavy (non-hydrogen) atoms. The maximum Gasteiger partial charge on any atom is 0.314 e. The number of unbranched alkanes of at least 4 members (excludes halogenated alkanes) is 2. The first-order valence-electron chi connectivity index (χ1n) is 7.96. The molecule has 4 nitrogen and oxygen atoms in total. The topological polar surface area (TPSA) is 49.4 Å². The molecular formula is C19H26N2O2. The average molecular weight is 314 g/mol. The summed E-state index contributed by atoms with van der Waals surface area (Å²) in [5.74, 6) is 4.67. The smallest absolute Gasteiger partial charge is 0.267 e. The number of amides is 2. The predicted octanol–water partition coefficient (Wildman–Crippen LogP) is 3.46. The van der Waals surface area contributed by atoms with Crippen LogP contribution in [0.3, 0.4) is 0 Å². The van der Waals surface area contributed by atoms with Gasteiger partial charge in [-0.1, -0.05) is 37.0 Å². The Morgan fingerprint density at radius 2 is 1.96 bits per heavy atom. The third-order valence-corrected chi connectivity index (χ3v) is 3.21. The van der Waals surface area contributed by atoms with Crippen LogP contribution < -0.4 is 5.43 Å². The van der Waals surface area contributed by atoms with Gasteiger partial charge >= 0.3 is 5.91 Å². The number of carbonyl (C=O) groups excluding carboxylic acids is 2. The van der Waals surface area contributed by atoms with Gasteiger partial charge in [0.15, 0.2) is 0 Å². The summed E-state index contributed by atoms with van der Waals surface area (Å²) in [6.07, 6.45) is 2.69. The van der Waals surface area contributed by atoms with Crippen molar-refractivity contribution in [1.29, 1.82) is 0 Å². The molecule has 0 aliphatic rings. The first-order valence-corrected chi connectivity index (χ1v) is 7.96. The number of hydrazine groups is 1. The second-order valence-electron chi connectivity index (χ2n) is 6.53. The Kier molecular flexibility index (Phi) is 6.84. The fourth-order valence-corrected chi connectivity index (χ4v) is 1.97. The molecule has 0 aromatic heterocycles. The van der Waals surface area contributed by atoms with Crippen molar-refractivity contribution in [2.75, 3.05) is 0 Å². The molecule has 0 heterocycles. The molecule has 0 aliphatic heterocycles. The predicted molar refractivity (Wildman–Crippen MR) is 92.5 cm³/mol. The van der Waals surface area contributed by atoms with E-state index < -0.39 is 11.4 Å². The molecule has 0 atom stereocenters. The maximum absolute atomic E-state index is 12.7. The molecule has 0 radical (unpaired) electrons. The first kappa shape index (κ1) is 18.8. The van der Waals surface area contributed by atoms with Crippen LogP contribution in [0.25, 0.3) is 0 Å². The van der Waals surface area contributed by atoms with Crippen LogP contribution in [0.15, 0.2) is 24.3 Å². The van der Waals surface area contributed by atoms with E-state index in [-0.39, 0.29) is 5.91 Å². The first-order chi connectivity index (χ1) is 10.8. The quantitative estimate of drug-likeness (QED) is 0.528. The van der Waals surface area contributed by atoms with Gasteiger partial charge in [0.05, 0.1) is 5.54 Å². The second-order valence-corrected chi connectivity index (χ2v) is 6.53. The highest BCUT2D eigenvalue weighted by atomic mass is 16.2. The molecule has 1 aromatic rings. The van der Waals surface area contributed by atoms with Gasteiger partial charge < -0.3 is 0 Å². The Hall–Kier alpha value is -2.28. The van der Waals surface area contributed by atoms with Gasteiger partial charge in [-0.3, -0.25) is 15.0 Å². The molecule has 124 valence electrons. The highest BCUT2D eigenvalue weighted by Gasteiger charge is 2.29. The third-order valence-electron chi connectivity index (χ3n) is 3.21. The molecule has 1 aromatic carbocycles. The maximum atomic E-state index is 12.7. The summed E-state index contributed by atoms with van der Waals surface area (Å²) in [5.41, 5.74) is 3.61. The van der Waals surface area contributed by atoms with Crippen LogP contribution in [0, 0.1) is 18.8 Å². The zero-order valence-corrected chi connectivity index (χ0v) is 14.7. The van der Waals surface area contributed by atoms with Crippen LogP contribution in [0.2, 0.25) is 0 Å². The minimum absolute atomic E-state index is 0.245. The van der Waals surface area contributed by atoms with Gasteiger partial charge in [0, 0.05) is 12.0 Å². The summed E-state index contributed by atoms with van der Waals surface area (Å²) >= 11 is 0. The molecule has 0 fully saturated rings. The lowest BCUT2D eigenvalue weighted by Crippen LogP contribution is -2.55. The number of aryl methyl sites for hydroxylation is 1. The lowest BCUT2D eigenvalue weighted by atomic mass is 10.1. The molecular weight excluding hydrogens is 288 g/mol. The van der Waals surface area contributed by atoms with E-state index >= 15 is 0 Å². The summed E-state index contributed by atoms with van der Waals surface area (Å²) in [4.78, 5) is 24.7. The second kappa shape index (κ2) is 8.38. The zero-order chi connectivity index (χ0) is 17.5. The molecule has 0 spiro atoms. The molecule has 0 aliphatic carbocycles. The molecule has 0 bridgehead atoms. The Morgan fingerprint density at radius 1 is 1.26 bits per heavy atom. The molecule has 1 rings (SSSR count). The third kappa shape index (κ3) is 6.15. The summed E-state index contributed by atoms with van der Waals surface area (Å²) in [6.45, 7) is 9.60. The lowest BCUT2D eigenvalue weighted by Gasteiger charge is -2.34. The van der Waals surface area contributed by atoms with Crippen molar-refractivity contribution >= 4 is 11.8 Å². The number of nitrogens with one attached hydrogen (secondary N) is 1. The van der Waals surface area contributed by atoms with Crippen molar-refractivity contribution in [2.24, 2.45) is 0 Å². The number of benzene rings is 1. The van der Waals surface area contributed by atoms with Gasteiger partial charge in [-0.2, -0.15) is 0 Å². The Morgan fingerprint density at radius 3 is 2.52 bits per heavy atom. The highest BCUT2D eigenvalue weighted by molar-refractivity contribution is 5.99. The Labute approximate surface area is 139 Å². The van der Waals surface area contributed by atoms with E-state index in [9.17, 15) is 9.59 Å². The van der Waals surface area contributed by atoms with Gasteiger partial charge in [-0.15, -0.1) is 0 Å². The van der Waals surface area contributed by atoms with Crippen LogP contribution in [-0.4, -0.2) is 22.4 Å². The number of carbonyl (C=O) groups is 2. The Balaban J connectivity index is 2.91. The van der Waals surface area contributed by atoms with Crippen molar-refractivity contribution in [3.63, 3.8) is 0 Å². The zero-order valence-electron chi connectivity index (χ0n) is 14.7. The van der Waals surface area contributed by atoms with Crippen LogP contribution in [0.4, 0.5) is 0 Å². The van der Waals surface area contributed by atoms with Crippen LogP contribution in [-0.2, 0) is 4.79 Å². The summed E-state index contributed by atoms with van der Waals surface area (Å²) in [6, 6.07) is 7.30. The number of hydrogen-bond donors (Lipinski definition) is 1. The number of nitrogens with zero attached hydrogens (tertiary/aromatic N) is 1. The molecule has 2 amide bonds.